The van der Waals surface area contributed by atoms with E-state index in [4.69, 9.17) is 10.2 Å². The maximum absolute atomic E-state index is 13.1. The van der Waals surface area contributed by atoms with E-state index in [1.54, 1.807) is 0 Å². The summed E-state index contributed by atoms with van der Waals surface area (Å²) in [6, 6.07) is 12.9. The molecule has 7 heteroatoms. The van der Waals surface area contributed by atoms with Crippen molar-refractivity contribution in [2.45, 2.75) is 33.6 Å². The van der Waals surface area contributed by atoms with Gasteiger partial charge in [-0.25, -0.2) is 10.2 Å². The summed E-state index contributed by atoms with van der Waals surface area (Å²) in [5.41, 5.74) is 10.2. The Hall–Kier alpha value is -3.61. The maximum atomic E-state index is 13.1. The first-order chi connectivity index (χ1) is 14.2. The highest BCUT2D eigenvalue weighted by molar-refractivity contribution is 6.11. The summed E-state index contributed by atoms with van der Waals surface area (Å²) in [5.74, 6) is 0.618. The average Bonchev–Trinajstić information content (AvgIpc) is 3.01. The number of hydrogen-bond donors (Lipinski definition) is 3. The van der Waals surface area contributed by atoms with Gasteiger partial charge < -0.3 is 15.5 Å². The van der Waals surface area contributed by atoms with Crippen LogP contribution in [0, 0.1) is 12.3 Å². The molecule has 3 aromatic rings. The second kappa shape index (κ2) is 7.33. The van der Waals surface area contributed by atoms with Crippen LogP contribution in [0.5, 0.6) is 0 Å². The zero-order chi connectivity index (χ0) is 21.5. The van der Waals surface area contributed by atoms with E-state index in [-0.39, 0.29) is 17.1 Å². The highest BCUT2D eigenvalue weighted by Crippen LogP contribution is 2.39. The number of nitrogens with zero attached hydrogens (tertiary/aromatic N) is 1. The van der Waals surface area contributed by atoms with Crippen LogP contribution in [0.15, 0.2) is 52.0 Å². The van der Waals surface area contributed by atoms with E-state index in [1.165, 1.54) is 0 Å². The largest absolute Gasteiger partial charge is 0.455 e. The monoisotopic (exact) mass is 404 g/mol. The van der Waals surface area contributed by atoms with Crippen LogP contribution in [0.4, 0.5) is 10.5 Å². The number of amides is 3. The van der Waals surface area contributed by atoms with Gasteiger partial charge in [-0.3, -0.25) is 4.79 Å². The minimum atomic E-state index is -0.734. The molecule has 154 valence electrons. The number of anilines is 1. The molecule has 30 heavy (non-hydrogen) atoms. The molecule has 0 radical (unpaired) electrons. The van der Waals surface area contributed by atoms with Crippen LogP contribution in [0.25, 0.3) is 10.8 Å². The number of carbonyl (C=O) groups excluding carboxylic acids is 2. The lowest BCUT2D eigenvalue weighted by atomic mass is 9.75. The van der Waals surface area contributed by atoms with E-state index in [2.05, 4.69) is 29.7 Å². The SMILES string of the molecule is Cc1c(C(=O)Nc2cccc3ccccc23)oc2c1/C(=N\NC(N)=O)CC(C)(C)C2. The molecule has 7 nitrogen and oxygen atoms in total. The maximum Gasteiger partial charge on any atom is 0.332 e. The topological polar surface area (TPSA) is 110 Å². The third-order valence-electron chi connectivity index (χ3n) is 5.34. The fourth-order valence-electron chi connectivity index (χ4n) is 4.06. The summed E-state index contributed by atoms with van der Waals surface area (Å²) in [6.07, 6.45) is 1.30. The van der Waals surface area contributed by atoms with Gasteiger partial charge in [0.25, 0.3) is 5.91 Å². The van der Waals surface area contributed by atoms with E-state index in [0.717, 1.165) is 22.0 Å². The van der Waals surface area contributed by atoms with Crippen molar-refractivity contribution in [1.29, 1.82) is 0 Å². The third-order valence-corrected chi connectivity index (χ3v) is 5.34. The fraction of sp³-hybridized carbons (Fsp3) is 0.261. The number of urea groups is 1. The van der Waals surface area contributed by atoms with Gasteiger partial charge in [0.05, 0.1) is 5.71 Å². The number of benzene rings is 2. The van der Waals surface area contributed by atoms with Crippen LogP contribution >= 0.6 is 0 Å². The molecule has 3 amide bonds. The number of hydrogen-bond acceptors (Lipinski definition) is 4. The molecule has 0 saturated heterocycles. The predicted molar refractivity (Wildman–Crippen MR) is 117 cm³/mol. The first kappa shape index (κ1) is 19.7. The van der Waals surface area contributed by atoms with Crippen molar-refractivity contribution < 1.29 is 14.0 Å². The number of nitrogens with two attached hydrogens (primary N) is 1. The van der Waals surface area contributed by atoms with Crippen molar-refractivity contribution >= 4 is 34.1 Å². The Morgan fingerprint density at radius 2 is 1.83 bits per heavy atom. The molecule has 0 fully saturated rings. The van der Waals surface area contributed by atoms with Gasteiger partial charge in [0, 0.05) is 28.6 Å². The Morgan fingerprint density at radius 3 is 2.60 bits per heavy atom. The summed E-state index contributed by atoms with van der Waals surface area (Å²) in [6.45, 7) is 6.01. The van der Waals surface area contributed by atoms with E-state index >= 15 is 0 Å². The molecule has 1 aliphatic rings. The first-order valence-electron chi connectivity index (χ1n) is 9.79. The van der Waals surface area contributed by atoms with Crippen LogP contribution in [0.2, 0.25) is 0 Å². The molecule has 0 spiro atoms. The Morgan fingerprint density at radius 1 is 1.10 bits per heavy atom. The Bertz CT molecular complexity index is 1190. The van der Waals surface area contributed by atoms with Crippen LogP contribution in [-0.4, -0.2) is 17.6 Å². The number of furan rings is 1. The summed E-state index contributed by atoms with van der Waals surface area (Å²) in [4.78, 5) is 24.2. The molecule has 1 heterocycles. The Kier molecular flexibility index (Phi) is 4.81. The van der Waals surface area contributed by atoms with E-state index in [1.807, 2.05) is 49.4 Å². The van der Waals surface area contributed by atoms with Gasteiger partial charge in [-0.05, 0) is 30.2 Å². The number of hydrazone groups is 1. The molecule has 4 rings (SSSR count). The molecule has 4 N–H and O–H groups in total. The zero-order valence-corrected chi connectivity index (χ0v) is 17.2. The zero-order valence-electron chi connectivity index (χ0n) is 17.2. The molecule has 0 aliphatic heterocycles. The highest BCUT2D eigenvalue weighted by atomic mass is 16.4. The molecular formula is C23H24N4O3. The lowest BCUT2D eigenvalue weighted by Crippen LogP contribution is -2.31. The summed E-state index contributed by atoms with van der Waals surface area (Å²) in [7, 11) is 0. The Labute approximate surface area is 174 Å². The smallest absolute Gasteiger partial charge is 0.332 e. The van der Waals surface area contributed by atoms with E-state index < -0.39 is 6.03 Å². The molecule has 1 aromatic heterocycles. The molecule has 0 bridgehead atoms. The molecule has 0 saturated carbocycles. The lowest BCUT2D eigenvalue weighted by Gasteiger charge is -2.29. The minimum absolute atomic E-state index is 0.126. The number of carbonyl (C=O) groups is 2. The van der Waals surface area contributed by atoms with Crippen LogP contribution in [0.3, 0.4) is 0 Å². The van der Waals surface area contributed by atoms with Crippen molar-refractivity contribution in [3.05, 3.63) is 65.1 Å². The van der Waals surface area contributed by atoms with Gasteiger partial charge in [-0.1, -0.05) is 50.2 Å². The molecular weight excluding hydrogens is 380 g/mol. The standard InChI is InChI=1S/C23H24N4O3/c1-13-19-17(26-27-22(24)29)11-23(2,3)12-18(19)30-20(13)21(28)25-16-10-6-8-14-7-4-5-9-15(14)16/h4-10H,11-12H2,1-3H3,(H,25,28)(H3,24,27,29)/b26-17-. The van der Waals surface area contributed by atoms with Crippen LogP contribution < -0.4 is 16.5 Å². The predicted octanol–water partition coefficient (Wildman–Crippen LogP) is 4.34. The molecule has 0 atom stereocenters. The number of fused-ring (bicyclic) bond motifs is 2. The quantitative estimate of drug-likeness (QED) is 0.565. The fourth-order valence-corrected chi connectivity index (χ4v) is 4.06. The van der Waals surface area contributed by atoms with Gasteiger partial charge in [0.15, 0.2) is 5.76 Å². The molecule has 2 aromatic carbocycles. The van der Waals surface area contributed by atoms with Gasteiger partial charge >= 0.3 is 6.03 Å². The van der Waals surface area contributed by atoms with Crippen molar-refractivity contribution in [1.82, 2.24) is 5.43 Å². The van der Waals surface area contributed by atoms with Gasteiger partial charge in [-0.2, -0.15) is 5.10 Å². The molecule has 0 unspecified atom stereocenters. The number of nitrogens with one attached hydrogen (secondary N) is 2. The normalized spacial score (nSPS) is 16.3. The van der Waals surface area contributed by atoms with Crippen LogP contribution in [-0.2, 0) is 6.42 Å². The Balaban J connectivity index is 1.71. The van der Waals surface area contributed by atoms with Gasteiger partial charge in [0.1, 0.15) is 5.76 Å². The van der Waals surface area contributed by atoms with Crippen molar-refractivity contribution in [3.63, 3.8) is 0 Å². The van der Waals surface area contributed by atoms with Gasteiger partial charge in [0.2, 0.25) is 0 Å². The number of rotatable bonds is 3. The second-order valence-electron chi connectivity index (χ2n) is 8.39. The lowest BCUT2D eigenvalue weighted by molar-refractivity contribution is 0.0993. The summed E-state index contributed by atoms with van der Waals surface area (Å²) >= 11 is 0. The highest BCUT2D eigenvalue weighted by Gasteiger charge is 2.36. The second-order valence-corrected chi connectivity index (χ2v) is 8.39. The third kappa shape index (κ3) is 3.66. The van der Waals surface area contributed by atoms with Crippen molar-refractivity contribution in [2.75, 3.05) is 5.32 Å². The summed E-state index contributed by atoms with van der Waals surface area (Å²) in [5, 5.41) is 9.15. The number of primary amides is 1. The first-order valence-corrected chi connectivity index (χ1v) is 9.79. The van der Waals surface area contributed by atoms with Gasteiger partial charge in [-0.15, -0.1) is 0 Å². The van der Waals surface area contributed by atoms with Crippen molar-refractivity contribution in [2.24, 2.45) is 16.3 Å². The summed E-state index contributed by atoms with van der Waals surface area (Å²) < 4.78 is 6.02. The van der Waals surface area contributed by atoms with E-state index in [9.17, 15) is 9.59 Å². The minimum Gasteiger partial charge on any atom is -0.455 e. The van der Waals surface area contributed by atoms with Crippen molar-refractivity contribution in [3.8, 4) is 0 Å². The van der Waals surface area contributed by atoms with Crippen LogP contribution in [0.1, 0.15) is 47.7 Å². The van der Waals surface area contributed by atoms with E-state index in [0.29, 0.717) is 29.9 Å². The molecule has 1 aliphatic carbocycles. The average molecular weight is 404 g/mol.